The summed E-state index contributed by atoms with van der Waals surface area (Å²) in [7, 11) is 1.77. The second kappa shape index (κ2) is 10.9. The number of aromatic nitrogens is 4. The third-order valence-corrected chi connectivity index (χ3v) is 8.65. The molecule has 1 amide bonds. The Hall–Kier alpha value is -3.80. The first kappa shape index (κ1) is 27.4. The fourth-order valence-corrected chi connectivity index (χ4v) is 6.59. The van der Waals surface area contributed by atoms with Crippen LogP contribution in [-0.4, -0.2) is 79.1 Å². The van der Waals surface area contributed by atoms with Gasteiger partial charge in [-0.25, -0.2) is 8.78 Å². The van der Waals surface area contributed by atoms with Crippen molar-refractivity contribution in [2.24, 2.45) is 7.05 Å². The number of piperidine rings is 1. The molecule has 41 heavy (non-hydrogen) atoms. The maximum Gasteiger partial charge on any atom is 0.317 e. The van der Waals surface area contributed by atoms with E-state index >= 15 is 0 Å². The quantitative estimate of drug-likeness (QED) is 0.482. The number of likely N-dealkylation sites (tertiary alicyclic amines) is 1. The van der Waals surface area contributed by atoms with Gasteiger partial charge in [0.1, 0.15) is 0 Å². The molecule has 3 aromatic rings. The van der Waals surface area contributed by atoms with E-state index < -0.39 is 12.4 Å². The fraction of sp³-hybridized carbons (Fsp3) is 0.517. The number of carbonyl (C=O) groups excluding carboxylic acids is 1. The molecular formula is C29H35F2N7O3. The Kier molecular flexibility index (Phi) is 7.27. The number of halogens is 2. The maximum atomic E-state index is 14.4. The number of rotatable bonds is 6. The molecule has 2 aromatic heterocycles. The van der Waals surface area contributed by atoms with E-state index in [1.165, 1.54) is 0 Å². The van der Waals surface area contributed by atoms with Crippen LogP contribution in [0.5, 0.6) is 0 Å². The van der Waals surface area contributed by atoms with Crippen molar-refractivity contribution in [1.29, 1.82) is 0 Å². The lowest BCUT2D eigenvalue weighted by molar-refractivity contribution is -0.138. The van der Waals surface area contributed by atoms with E-state index in [0.29, 0.717) is 50.3 Å². The number of alkyl halides is 2. The summed E-state index contributed by atoms with van der Waals surface area (Å²) in [6.45, 7) is 4.61. The zero-order chi connectivity index (χ0) is 28.8. The van der Waals surface area contributed by atoms with Crippen molar-refractivity contribution < 1.29 is 23.5 Å². The zero-order valence-electron chi connectivity index (χ0n) is 23.4. The van der Waals surface area contributed by atoms with Gasteiger partial charge in [0, 0.05) is 80.8 Å². The molecule has 0 radical (unpaired) electrons. The van der Waals surface area contributed by atoms with Crippen LogP contribution in [0, 0.1) is 0 Å². The molecule has 218 valence electrons. The highest BCUT2D eigenvalue weighted by atomic mass is 19.3. The van der Waals surface area contributed by atoms with E-state index in [9.17, 15) is 23.5 Å². The number of carboxylic acids is 1. The van der Waals surface area contributed by atoms with Gasteiger partial charge in [-0.1, -0.05) is 0 Å². The summed E-state index contributed by atoms with van der Waals surface area (Å²) in [6, 6.07) is 3.60. The zero-order valence-corrected chi connectivity index (χ0v) is 23.4. The molecular weight excluding hydrogens is 532 g/mol. The molecule has 5 heterocycles. The first-order valence-electron chi connectivity index (χ1n) is 14.2. The number of fused-ring (bicyclic) bond motifs is 2. The summed E-state index contributed by atoms with van der Waals surface area (Å²) in [4.78, 5) is 29.4. The Morgan fingerprint density at radius 2 is 1.90 bits per heavy atom. The normalized spacial score (nSPS) is 18.1. The highest BCUT2D eigenvalue weighted by Crippen LogP contribution is 2.43. The third-order valence-electron chi connectivity index (χ3n) is 8.65. The van der Waals surface area contributed by atoms with E-state index in [2.05, 4.69) is 14.7 Å². The van der Waals surface area contributed by atoms with Gasteiger partial charge in [0.25, 0.3) is 6.43 Å². The Balaban J connectivity index is 1.40. The molecule has 6 rings (SSSR count). The Morgan fingerprint density at radius 3 is 2.56 bits per heavy atom. The van der Waals surface area contributed by atoms with Crippen molar-refractivity contribution in [3.63, 3.8) is 0 Å². The lowest BCUT2D eigenvalue weighted by Crippen LogP contribution is -2.39. The molecule has 0 spiro atoms. The van der Waals surface area contributed by atoms with Crippen molar-refractivity contribution >= 4 is 23.4 Å². The lowest BCUT2D eigenvalue weighted by atomic mass is 9.92. The van der Waals surface area contributed by atoms with E-state index in [0.717, 1.165) is 54.0 Å². The number of anilines is 2. The predicted octanol–water partition coefficient (Wildman–Crippen LogP) is 3.93. The van der Waals surface area contributed by atoms with Crippen LogP contribution in [0.2, 0.25) is 0 Å². The highest BCUT2D eigenvalue weighted by molar-refractivity contribution is 5.78. The SMILES string of the molecule is CC(=O)N1CCc2c(c(N3CCCc4cc(-c5cnn(C)c5)c(C(F)F)cc43)nn2C2CCN(CC(=O)O)CC2)C1. The molecule has 0 aliphatic carbocycles. The predicted molar refractivity (Wildman–Crippen MR) is 148 cm³/mol. The van der Waals surface area contributed by atoms with Crippen LogP contribution in [0.25, 0.3) is 11.1 Å². The molecule has 3 aliphatic heterocycles. The number of amides is 1. The average Bonchev–Trinajstić information content (AvgIpc) is 3.55. The smallest absolute Gasteiger partial charge is 0.317 e. The number of hydrogen-bond donors (Lipinski definition) is 1. The molecule has 0 saturated carbocycles. The number of nitrogens with zero attached hydrogens (tertiary/aromatic N) is 7. The van der Waals surface area contributed by atoms with Crippen LogP contribution < -0.4 is 4.90 Å². The van der Waals surface area contributed by atoms with Crippen molar-refractivity contribution in [3.05, 3.63) is 46.9 Å². The minimum Gasteiger partial charge on any atom is -0.480 e. The largest absolute Gasteiger partial charge is 0.480 e. The number of benzene rings is 1. The minimum atomic E-state index is -2.66. The molecule has 0 bridgehead atoms. The average molecular weight is 568 g/mol. The lowest BCUT2D eigenvalue weighted by Gasteiger charge is -2.33. The van der Waals surface area contributed by atoms with Gasteiger partial charge in [-0.2, -0.15) is 10.2 Å². The maximum absolute atomic E-state index is 14.4. The Labute approximate surface area is 237 Å². The van der Waals surface area contributed by atoms with Crippen LogP contribution in [0.1, 0.15) is 61.0 Å². The topological polar surface area (TPSA) is 99.7 Å². The first-order valence-corrected chi connectivity index (χ1v) is 14.2. The molecule has 1 N–H and O–H groups in total. The molecule has 3 aliphatic rings. The molecule has 1 saturated heterocycles. The van der Waals surface area contributed by atoms with Gasteiger partial charge in [-0.15, -0.1) is 0 Å². The number of aryl methyl sites for hydroxylation is 2. The summed E-state index contributed by atoms with van der Waals surface area (Å²) >= 11 is 0. The van der Waals surface area contributed by atoms with Gasteiger partial charge in [0.15, 0.2) is 5.82 Å². The van der Waals surface area contributed by atoms with Gasteiger partial charge in [0.05, 0.1) is 25.3 Å². The molecule has 10 nitrogen and oxygen atoms in total. The van der Waals surface area contributed by atoms with E-state index in [1.54, 1.807) is 37.1 Å². The second-order valence-electron chi connectivity index (χ2n) is 11.3. The first-order chi connectivity index (χ1) is 19.7. The molecule has 12 heteroatoms. The number of carbonyl (C=O) groups is 2. The van der Waals surface area contributed by atoms with Crippen LogP contribution in [0.3, 0.4) is 0 Å². The Morgan fingerprint density at radius 1 is 1.12 bits per heavy atom. The summed E-state index contributed by atoms with van der Waals surface area (Å²) < 4.78 is 32.6. The van der Waals surface area contributed by atoms with Crippen molar-refractivity contribution in [1.82, 2.24) is 29.4 Å². The standard InChI is InChI=1S/C29H35F2N7O3/c1-18(39)36-11-7-25-24(16-36)29(33-38(25)21-5-9-35(10-6-21)17-27(40)41)37-8-3-4-19-12-22(20-14-32-34(2)15-20)23(28(30)31)13-26(19)37/h12-15,21,28H,3-11,16-17H2,1-2H3,(H,40,41). The van der Waals surface area contributed by atoms with Gasteiger partial charge < -0.3 is 14.9 Å². The monoisotopic (exact) mass is 567 g/mol. The van der Waals surface area contributed by atoms with Gasteiger partial charge in [-0.3, -0.25) is 23.9 Å². The van der Waals surface area contributed by atoms with Gasteiger partial charge in [-0.05, 0) is 48.9 Å². The summed E-state index contributed by atoms with van der Waals surface area (Å²) in [6.07, 6.45) is 4.55. The highest BCUT2D eigenvalue weighted by Gasteiger charge is 2.34. The third kappa shape index (κ3) is 5.20. The van der Waals surface area contributed by atoms with Crippen LogP contribution in [0.4, 0.5) is 20.3 Å². The van der Waals surface area contributed by atoms with Crippen LogP contribution in [-0.2, 0) is 36.0 Å². The van der Waals surface area contributed by atoms with Crippen molar-refractivity contribution in [2.45, 2.75) is 58.0 Å². The second-order valence-corrected chi connectivity index (χ2v) is 11.3. The fourth-order valence-electron chi connectivity index (χ4n) is 6.59. The number of aliphatic carboxylic acids is 1. The molecule has 0 atom stereocenters. The van der Waals surface area contributed by atoms with Crippen molar-refractivity contribution in [2.75, 3.05) is 37.6 Å². The summed E-state index contributed by atoms with van der Waals surface area (Å²) in [5.74, 6) is -0.101. The minimum absolute atomic E-state index is 0.00327. The van der Waals surface area contributed by atoms with Gasteiger partial charge >= 0.3 is 5.97 Å². The Bertz CT molecular complexity index is 1480. The molecule has 1 aromatic carbocycles. The summed E-state index contributed by atoms with van der Waals surface area (Å²) in [5, 5.41) is 18.5. The van der Waals surface area contributed by atoms with E-state index in [4.69, 9.17) is 5.10 Å². The number of hydrogen-bond acceptors (Lipinski definition) is 6. The van der Waals surface area contributed by atoms with E-state index in [-0.39, 0.29) is 24.1 Å². The van der Waals surface area contributed by atoms with Crippen molar-refractivity contribution in [3.8, 4) is 11.1 Å². The number of carboxylic acid groups (broad SMARTS) is 1. The summed E-state index contributed by atoms with van der Waals surface area (Å²) in [5.41, 5.74) is 4.91. The van der Waals surface area contributed by atoms with Crippen LogP contribution in [0.15, 0.2) is 24.5 Å². The van der Waals surface area contributed by atoms with Crippen LogP contribution >= 0.6 is 0 Å². The molecule has 0 unspecified atom stereocenters. The van der Waals surface area contributed by atoms with E-state index in [1.807, 2.05) is 15.9 Å². The van der Waals surface area contributed by atoms with Gasteiger partial charge in [0.2, 0.25) is 5.91 Å². The molecule has 1 fully saturated rings.